The van der Waals surface area contributed by atoms with Crippen LogP contribution in [0.4, 0.5) is 11.4 Å². The monoisotopic (exact) mass is 557 g/mol. The van der Waals surface area contributed by atoms with Crippen LogP contribution in [0.25, 0.3) is 6.08 Å². The topological polar surface area (TPSA) is 53.1 Å². The number of carbonyl (C=O) groups excluding carboxylic acids is 2. The van der Waals surface area contributed by atoms with Crippen LogP contribution in [0.3, 0.4) is 0 Å². The van der Waals surface area contributed by atoms with Crippen molar-refractivity contribution in [2.45, 2.75) is 27.3 Å². The minimum absolute atomic E-state index is 0.0260. The average molecular weight is 558 g/mol. The van der Waals surface area contributed by atoms with Gasteiger partial charge in [-0.1, -0.05) is 66.2 Å². The van der Waals surface area contributed by atoms with E-state index in [-0.39, 0.29) is 17.6 Å². The average Bonchev–Trinajstić information content (AvgIpc) is 3.00. The fourth-order valence-electron chi connectivity index (χ4n) is 5.68. The van der Waals surface area contributed by atoms with Gasteiger partial charge in [-0.2, -0.15) is 0 Å². The fourth-order valence-corrected chi connectivity index (χ4v) is 5.68. The number of fused-ring (bicyclic) bond motifs is 1. The standard InChI is InChI=1S/C36H35N3O3/c1-25-7-6-8-29(21-25)24-39-31-9-4-5-10-33(31)42-34(36(39)41)23-28-13-15-30(16-14-28)35(40)38-19-17-37(18-20-38)32-22-26(2)11-12-27(32)3/h4-16,21-23H,17-20,24H2,1-3H3/b34-23+. The highest BCUT2D eigenvalue weighted by Crippen LogP contribution is 2.36. The smallest absolute Gasteiger partial charge is 0.294 e. The second kappa shape index (κ2) is 11.6. The molecule has 4 aromatic rings. The molecule has 6 rings (SSSR count). The Bertz CT molecular complexity index is 1670. The first-order valence-corrected chi connectivity index (χ1v) is 14.4. The van der Waals surface area contributed by atoms with Crippen LogP contribution in [-0.4, -0.2) is 42.9 Å². The lowest BCUT2D eigenvalue weighted by Crippen LogP contribution is -2.49. The van der Waals surface area contributed by atoms with Gasteiger partial charge in [-0.05, 0) is 79.4 Å². The number of hydrogen-bond donors (Lipinski definition) is 0. The quantitative estimate of drug-likeness (QED) is 0.262. The van der Waals surface area contributed by atoms with Crippen LogP contribution in [0.5, 0.6) is 5.75 Å². The van der Waals surface area contributed by atoms with E-state index in [9.17, 15) is 9.59 Å². The Labute approximate surface area is 247 Å². The first kappa shape index (κ1) is 27.3. The molecule has 1 saturated heterocycles. The normalized spacial score (nSPS) is 15.9. The lowest BCUT2D eigenvalue weighted by atomic mass is 10.1. The second-order valence-electron chi connectivity index (χ2n) is 11.1. The van der Waals surface area contributed by atoms with Crippen molar-refractivity contribution < 1.29 is 14.3 Å². The Kier molecular flexibility index (Phi) is 7.53. The third-order valence-corrected chi connectivity index (χ3v) is 7.98. The molecule has 0 aromatic heterocycles. The van der Waals surface area contributed by atoms with Crippen molar-refractivity contribution in [1.82, 2.24) is 4.90 Å². The van der Waals surface area contributed by atoms with Crippen LogP contribution in [0.15, 0.2) is 96.8 Å². The fraction of sp³-hybridized carbons (Fsp3) is 0.222. The Morgan fingerprint density at radius 2 is 1.52 bits per heavy atom. The molecule has 0 spiro atoms. The molecule has 0 N–H and O–H groups in total. The predicted octanol–water partition coefficient (Wildman–Crippen LogP) is 6.54. The molecule has 2 aliphatic rings. The maximum atomic E-state index is 13.6. The molecule has 6 nitrogen and oxygen atoms in total. The summed E-state index contributed by atoms with van der Waals surface area (Å²) >= 11 is 0. The number of nitrogens with zero attached hydrogens (tertiary/aromatic N) is 3. The number of anilines is 2. The first-order valence-electron chi connectivity index (χ1n) is 14.4. The van der Waals surface area contributed by atoms with Crippen molar-refractivity contribution in [3.8, 4) is 5.75 Å². The van der Waals surface area contributed by atoms with E-state index in [4.69, 9.17) is 4.74 Å². The Morgan fingerprint density at radius 1 is 0.786 bits per heavy atom. The highest BCUT2D eigenvalue weighted by Gasteiger charge is 2.30. The molecule has 6 heteroatoms. The summed E-state index contributed by atoms with van der Waals surface area (Å²) in [4.78, 5) is 32.9. The van der Waals surface area contributed by atoms with Gasteiger partial charge in [0.2, 0.25) is 0 Å². The number of para-hydroxylation sites is 2. The van der Waals surface area contributed by atoms with Crippen LogP contribution in [-0.2, 0) is 11.3 Å². The van der Waals surface area contributed by atoms with Gasteiger partial charge in [0.05, 0.1) is 12.2 Å². The number of rotatable bonds is 5. The number of carbonyl (C=O) groups is 2. The summed E-state index contributed by atoms with van der Waals surface area (Å²) in [6, 6.07) is 29.7. The van der Waals surface area contributed by atoms with Crippen molar-refractivity contribution in [2.75, 3.05) is 36.0 Å². The van der Waals surface area contributed by atoms with Gasteiger partial charge >= 0.3 is 0 Å². The van der Waals surface area contributed by atoms with Crippen LogP contribution in [0, 0.1) is 20.8 Å². The number of ether oxygens (including phenoxy) is 1. The third-order valence-electron chi connectivity index (χ3n) is 7.98. The molecule has 2 amide bonds. The van der Waals surface area contributed by atoms with Gasteiger partial charge in [0.25, 0.3) is 11.8 Å². The summed E-state index contributed by atoms with van der Waals surface area (Å²) in [7, 11) is 0. The van der Waals surface area contributed by atoms with Gasteiger partial charge < -0.3 is 14.5 Å². The number of amides is 2. The summed E-state index contributed by atoms with van der Waals surface area (Å²) in [5, 5.41) is 0. The molecule has 0 saturated carbocycles. The Morgan fingerprint density at radius 3 is 2.29 bits per heavy atom. The van der Waals surface area contributed by atoms with Crippen LogP contribution >= 0.6 is 0 Å². The van der Waals surface area contributed by atoms with E-state index in [1.807, 2.05) is 78.6 Å². The SMILES string of the molecule is Cc1cccc(CN2C(=O)/C(=C\c3ccc(C(=O)N4CCN(c5cc(C)ccc5C)CC4)cc3)Oc3ccccc32)c1. The van der Waals surface area contributed by atoms with E-state index < -0.39 is 0 Å². The number of piperazine rings is 1. The van der Waals surface area contributed by atoms with Gasteiger partial charge in [-0.25, -0.2) is 0 Å². The zero-order valence-electron chi connectivity index (χ0n) is 24.3. The molecular formula is C36H35N3O3. The molecule has 2 aliphatic heterocycles. The zero-order chi connectivity index (χ0) is 29.2. The second-order valence-corrected chi connectivity index (χ2v) is 11.1. The lowest BCUT2D eigenvalue weighted by molar-refractivity contribution is -0.117. The third kappa shape index (κ3) is 5.66. The minimum atomic E-state index is -0.197. The molecular weight excluding hydrogens is 522 g/mol. The lowest BCUT2D eigenvalue weighted by Gasteiger charge is -2.37. The summed E-state index contributed by atoms with van der Waals surface area (Å²) in [5.41, 5.74) is 8.13. The molecule has 212 valence electrons. The largest absolute Gasteiger partial charge is 0.449 e. The summed E-state index contributed by atoms with van der Waals surface area (Å²) in [6.07, 6.45) is 1.75. The molecule has 42 heavy (non-hydrogen) atoms. The van der Waals surface area contributed by atoms with Crippen LogP contribution < -0.4 is 14.5 Å². The molecule has 1 fully saturated rings. The highest BCUT2D eigenvalue weighted by atomic mass is 16.5. The maximum Gasteiger partial charge on any atom is 0.294 e. The Balaban J connectivity index is 1.16. The molecule has 0 atom stereocenters. The van der Waals surface area contributed by atoms with E-state index in [1.165, 1.54) is 16.8 Å². The van der Waals surface area contributed by atoms with E-state index in [1.54, 1.807) is 11.0 Å². The molecule has 4 aromatic carbocycles. The van der Waals surface area contributed by atoms with Gasteiger partial charge in [0, 0.05) is 37.4 Å². The predicted molar refractivity (Wildman–Crippen MR) is 168 cm³/mol. The van der Waals surface area contributed by atoms with Crippen molar-refractivity contribution in [3.63, 3.8) is 0 Å². The Hall–Kier alpha value is -4.84. The molecule has 2 heterocycles. The number of hydrogen-bond acceptors (Lipinski definition) is 4. The van der Waals surface area contributed by atoms with Gasteiger partial charge in [-0.15, -0.1) is 0 Å². The van der Waals surface area contributed by atoms with E-state index >= 15 is 0 Å². The van der Waals surface area contributed by atoms with E-state index in [2.05, 4.69) is 43.0 Å². The minimum Gasteiger partial charge on any atom is -0.449 e. The zero-order valence-corrected chi connectivity index (χ0v) is 24.3. The van der Waals surface area contributed by atoms with Crippen molar-refractivity contribution in [3.05, 3.63) is 130 Å². The first-order chi connectivity index (χ1) is 20.4. The number of benzene rings is 4. The summed E-state index contributed by atoms with van der Waals surface area (Å²) in [6.45, 7) is 9.70. The molecule has 0 radical (unpaired) electrons. The van der Waals surface area contributed by atoms with E-state index in [0.29, 0.717) is 30.9 Å². The summed E-state index contributed by atoms with van der Waals surface area (Å²) in [5.74, 6) is 0.723. The van der Waals surface area contributed by atoms with Crippen LogP contribution in [0.2, 0.25) is 0 Å². The van der Waals surface area contributed by atoms with Gasteiger partial charge in [0.1, 0.15) is 0 Å². The van der Waals surface area contributed by atoms with Gasteiger partial charge in [-0.3, -0.25) is 14.5 Å². The van der Waals surface area contributed by atoms with Crippen LogP contribution in [0.1, 0.15) is 38.2 Å². The van der Waals surface area contributed by atoms with Gasteiger partial charge in [0.15, 0.2) is 11.5 Å². The molecule has 0 aliphatic carbocycles. The van der Waals surface area contributed by atoms with Crippen molar-refractivity contribution in [1.29, 1.82) is 0 Å². The van der Waals surface area contributed by atoms with E-state index in [0.717, 1.165) is 35.5 Å². The molecule has 0 unspecified atom stereocenters. The van der Waals surface area contributed by atoms with Crippen molar-refractivity contribution in [2.24, 2.45) is 0 Å². The number of aryl methyl sites for hydroxylation is 3. The maximum absolute atomic E-state index is 13.6. The highest BCUT2D eigenvalue weighted by molar-refractivity contribution is 6.09. The molecule has 0 bridgehead atoms. The summed E-state index contributed by atoms with van der Waals surface area (Å²) < 4.78 is 6.06. The van der Waals surface area contributed by atoms with Crippen molar-refractivity contribution >= 4 is 29.3 Å².